The molecule has 2 aromatic rings. The van der Waals surface area contributed by atoms with Crippen LogP contribution in [-0.4, -0.2) is 20.1 Å². The summed E-state index contributed by atoms with van der Waals surface area (Å²) in [5.74, 6) is -0.991. The van der Waals surface area contributed by atoms with Crippen molar-refractivity contribution in [2.45, 2.75) is 13.0 Å². The minimum absolute atomic E-state index is 0.187. The van der Waals surface area contributed by atoms with Gasteiger partial charge in [0, 0.05) is 12.3 Å². The molecular formula is C20H19F2N3O3. The third-order valence-corrected chi connectivity index (χ3v) is 3.92. The van der Waals surface area contributed by atoms with E-state index in [-0.39, 0.29) is 11.3 Å². The molecule has 0 aromatic heterocycles. The van der Waals surface area contributed by atoms with E-state index in [1.807, 2.05) is 0 Å². The highest BCUT2D eigenvalue weighted by molar-refractivity contribution is 5.97. The highest BCUT2D eigenvalue weighted by Gasteiger charge is 2.16. The number of amides is 1. The number of benzene rings is 2. The highest BCUT2D eigenvalue weighted by atomic mass is 19.1. The number of methoxy groups -OCH3 is 2. The number of anilines is 1. The third kappa shape index (κ3) is 4.98. The van der Waals surface area contributed by atoms with Crippen molar-refractivity contribution in [3.05, 3.63) is 65.4 Å². The second-order valence-corrected chi connectivity index (χ2v) is 5.75. The monoisotopic (exact) mass is 387 g/mol. The van der Waals surface area contributed by atoms with Gasteiger partial charge in [-0.2, -0.15) is 5.26 Å². The molecule has 2 rings (SSSR count). The van der Waals surface area contributed by atoms with Gasteiger partial charge in [0.05, 0.1) is 25.9 Å². The van der Waals surface area contributed by atoms with Crippen LogP contribution in [0.1, 0.15) is 18.5 Å². The number of carbonyl (C=O) groups excluding carboxylic acids is 1. The number of nitrogens with zero attached hydrogens (tertiary/aromatic N) is 1. The molecule has 0 aliphatic rings. The zero-order chi connectivity index (χ0) is 20.7. The fourth-order valence-corrected chi connectivity index (χ4v) is 2.39. The Hall–Kier alpha value is -3.60. The maximum Gasteiger partial charge on any atom is 0.263 e. The molecule has 0 radical (unpaired) electrons. The highest BCUT2D eigenvalue weighted by Crippen LogP contribution is 2.30. The molecule has 146 valence electrons. The predicted molar refractivity (Wildman–Crippen MR) is 99.8 cm³/mol. The standard InChI is InChI=1S/C20H19F2N3O3/c1-12(13-4-7-18(27-2)19(8-13)28-3)25-20(26)14(10-23)11-24-17-9-15(21)5-6-16(17)22/h4-9,11-12,24H,1-3H3,(H,25,26)/b14-11-. The fraction of sp³-hybridized carbons (Fsp3) is 0.200. The molecule has 0 bridgehead atoms. The van der Waals surface area contributed by atoms with E-state index in [1.165, 1.54) is 14.2 Å². The van der Waals surface area contributed by atoms with Gasteiger partial charge in [0.25, 0.3) is 5.91 Å². The minimum atomic E-state index is -0.714. The van der Waals surface area contributed by atoms with Gasteiger partial charge < -0.3 is 20.1 Å². The molecule has 0 heterocycles. The fourth-order valence-electron chi connectivity index (χ4n) is 2.39. The minimum Gasteiger partial charge on any atom is -0.493 e. The van der Waals surface area contributed by atoms with Crippen molar-refractivity contribution in [2.24, 2.45) is 0 Å². The van der Waals surface area contributed by atoms with E-state index in [1.54, 1.807) is 31.2 Å². The molecule has 0 spiro atoms. The Kier molecular flexibility index (Phi) is 6.93. The van der Waals surface area contributed by atoms with Gasteiger partial charge in [-0.3, -0.25) is 4.79 Å². The third-order valence-electron chi connectivity index (χ3n) is 3.92. The van der Waals surface area contributed by atoms with Crippen molar-refractivity contribution in [1.82, 2.24) is 5.32 Å². The van der Waals surface area contributed by atoms with Crippen LogP contribution in [0, 0.1) is 23.0 Å². The van der Waals surface area contributed by atoms with Crippen LogP contribution in [0.5, 0.6) is 11.5 Å². The molecule has 28 heavy (non-hydrogen) atoms. The summed E-state index contributed by atoms with van der Waals surface area (Å²) in [6.07, 6.45) is 1.02. The Labute approximate surface area is 161 Å². The molecule has 2 N–H and O–H groups in total. The lowest BCUT2D eigenvalue weighted by atomic mass is 10.1. The summed E-state index contributed by atoms with van der Waals surface area (Å²) in [6.45, 7) is 1.73. The molecule has 0 fully saturated rings. The first-order valence-electron chi connectivity index (χ1n) is 8.24. The van der Waals surface area contributed by atoms with Gasteiger partial charge >= 0.3 is 0 Å². The van der Waals surface area contributed by atoms with E-state index >= 15 is 0 Å². The molecule has 1 atom stereocenters. The van der Waals surface area contributed by atoms with Crippen molar-refractivity contribution < 1.29 is 23.0 Å². The topological polar surface area (TPSA) is 83.4 Å². The van der Waals surface area contributed by atoms with Crippen LogP contribution in [0.15, 0.2) is 48.2 Å². The summed E-state index contributed by atoms with van der Waals surface area (Å²) < 4.78 is 37.2. The first-order valence-corrected chi connectivity index (χ1v) is 8.24. The lowest BCUT2D eigenvalue weighted by molar-refractivity contribution is -0.117. The van der Waals surface area contributed by atoms with Crippen molar-refractivity contribution in [1.29, 1.82) is 5.26 Å². The lowest BCUT2D eigenvalue weighted by Crippen LogP contribution is -2.28. The van der Waals surface area contributed by atoms with E-state index in [2.05, 4.69) is 10.6 Å². The van der Waals surface area contributed by atoms with Gasteiger partial charge in [-0.1, -0.05) is 6.07 Å². The van der Waals surface area contributed by atoms with Crippen LogP contribution >= 0.6 is 0 Å². The second-order valence-electron chi connectivity index (χ2n) is 5.75. The number of carbonyl (C=O) groups is 1. The largest absolute Gasteiger partial charge is 0.493 e. The quantitative estimate of drug-likeness (QED) is 0.559. The molecule has 0 saturated carbocycles. The number of nitrogens with one attached hydrogen (secondary N) is 2. The predicted octanol–water partition coefficient (Wildman–Crippen LogP) is 3.68. The maximum absolute atomic E-state index is 13.6. The van der Waals surface area contributed by atoms with E-state index < -0.39 is 23.6 Å². The van der Waals surface area contributed by atoms with Gasteiger partial charge in [0.2, 0.25) is 0 Å². The molecular weight excluding hydrogens is 368 g/mol. The lowest BCUT2D eigenvalue weighted by Gasteiger charge is -2.16. The van der Waals surface area contributed by atoms with Gasteiger partial charge in [-0.05, 0) is 36.8 Å². The molecule has 0 saturated heterocycles. The zero-order valence-corrected chi connectivity index (χ0v) is 15.5. The summed E-state index contributed by atoms with van der Waals surface area (Å²) >= 11 is 0. The number of ether oxygens (including phenoxy) is 2. The van der Waals surface area contributed by atoms with Crippen molar-refractivity contribution >= 4 is 11.6 Å². The van der Waals surface area contributed by atoms with Gasteiger partial charge in [-0.25, -0.2) is 8.78 Å². The summed E-state index contributed by atoms with van der Waals surface area (Å²) in [4.78, 5) is 12.3. The first kappa shape index (κ1) is 20.7. The normalized spacial score (nSPS) is 11.9. The van der Waals surface area contributed by atoms with Gasteiger partial charge in [0.15, 0.2) is 11.5 Å². The van der Waals surface area contributed by atoms with Crippen LogP contribution < -0.4 is 20.1 Å². The van der Waals surface area contributed by atoms with E-state index in [9.17, 15) is 18.8 Å². The number of hydrogen-bond acceptors (Lipinski definition) is 5. The van der Waals surface area contributed by atoms with E-state index in [0.717, 1.165) is 30.0 Å². The Bertz CT molecular complexity index is 939. The molecule has 0 aliphatic carbocycles. The Morgan fingerprint density at radius 2 is 1.86 bits per heavy atom. The van der Waals surface area contributed by atoms with Gasteiger partial charge in [-0.15, -0.1) is 0 Å². The Morgan fingerprint density at radius 3 is 2.50 bits per heavy atom. The number of hydrogen-bond donors (Lipinski definition) is 2. The summed E-state index contributed by atoms with van der Waals surface area (Å²) in [5, 5.41) is 14.3. The van der Waals surface area contributed by atoms with Crippen molar-refractivity contribution in [3.8, 4) is 17.6 Å². The SMILES string of the molecule is COc1ccc(C(C)NC(=O)/C(C#N)=C\Nc2cc(F)ccc2F)cc1OC. The second kappa shape index (κ2) is 9.37. The van der Waals surface area contributed by atoms with Crippen LogP contribution in [0.4, 0.5) is 14.5 Å². The van der Waals surface area contributed by atoms with Crippen LogP contribution in [0.2, 0.25) is 0 Å². The first-order chi connectivity index (χ1) is 13.4. The van der Waals surface area contributed by atoms with Crippen molar-refractivity contribution in [2.75, 3.05) is 19.5 Å². The van der Waals surface area contributed by atoms with Gasteiger partial charge in [0.1, 0.15) is 23.3 Å². The smallest absolute Gasteiger partial charge is 0.263 e. The molecule has 2 aromatic carbocycles. The van der Waals surface area contributed by atoms with E-state index in [4.69, 9.17) is 9.47 Å². The van der Waals surface area contributed by atoms with Crippen LogP contribution in [0.3, 0.4) is 0 Å². The average Bonchev–Trinajstić information content (AvgIpc) is 2.70. The number of nitriles is 1. The summed E-state index contributed by atoms with van der Waals surface area (Å²) in [6, 6.07) is 9.27. The van der Waals surface area contributed by atoms with Crippen molar-refractivity contribution in [3.63, 3.8) is 0 Å². The molecule has 1 unspecified atom stereocenters. The molecule has 1 amide bonds. The zero-order valence-electron chi connectivity index (χ0n) is 15.5. The summed E-state index contributed by atoms with van der Waals surface area (Å²) in [5.41, 5.74) is 0.247. The Balaban J connectivity index is 2.13. The van der Waals surface area contributed by atoms with E-state index in [0.29, 0.717) is 11.5 Å². The summed E-state index contributed by atoms with van der Waals surface area (Å²) in [7, 11) is 3.01. The molecule has 6 nitrogen and oxygen atoms in total. The molecule has 8 heteroatoms. The average molecular weight is 387 g/mol. The van der Waals surface area contributed by atoms with Crippen LogP contribution in [0.25, 0.3) is 0 Å². The number of halogens is 2. The maximum atomic E-state index is 13.6. The Morgan fingerprint density at radius 1 is 1.14 bits per heavy atom. The number of rotatable bonds is 7. The van der Waals surface area contributed by atoms with Crippen LogP contribution in [-0.2, 0) is 4.79 Å². The molecule has 0 aliphatic heterocycles.